The van der Waals surface area contributed by atoms with Crippen molar-refractivity contribution in [3.63, 3.8) is 0 Å². The third-order valence-electron chi connectivity index (χ3n) is 4.52. The van der Waals surface area contributed by atoms with Gasteiger partial charge in [0.1, 0.15) is 0 Å². The fourth-order valence-corrected chi connectivity index (χ4v) is 3.39. The van der Waals surface area contributed by atoms with Gasteiger partial charge < -0.3 is 9.64 Å². The maximum absolute atomic E-state index is 12.7. The molecule has 1 aliphatic heterocycles. The molecule has 2 fully saturated rings. The Morgan fingerprint density at radius 1 is 1.50 bits per heavy atom. The molecule has 3 unspecified atom stereocenters. The van der Waals surface area contributed by atoms with E-state index in [1.807, 2.05) is 4.90 Å². The molecule has 18 heavy (non-hydrogen) atoms. The van der Waals surface area contributed by atoms with Crippen LogP contribution in [-0.4, -0.2) is 42.0 Å². The van der Waals surface area contributed by atoms with Crippen molar-refractivity contribution in [3.05, 3.63) is 0 Å². The lowest BCUT2D eigenvalue weighted by Gasteiger charge is -2.40. The number of alkyl halides is 1. The molecule has 1 aliphatic carbocycles. The van der Waals surface area contributed by atoms with E-state index < -0.39 is 0 Å². The highest BCUT2D eigenvalue weighted by Gasteiger charge is 2.43. The molecule has 0 N–H and O–H groups in total. The molecule has 3 nitrogen and oxygen atoms in total. The summed E-state index contributed by atoms with van der Waals surface area (Å²) in [6.45, 7) is 7.75. The lowest BCUT2D eigenvalue weighted by atomic mass is 9.81. The van der Waals surface area contributed by atoms with Crippen LogP contribution in [0.3, 0.4) is 0 Å². The second kappa shape index (κ2) is 5.38. The fourth-order valence-electron chi connectivity index (χ4n) is 3.20. The van der Waals surface area contributed by atoms with Crippen molar-refractivity contribution in [2.45, 2.75) is 52.2 Å². The molecule has 0 aromatic heterocycles. The number of carbonyl (C=O) groups is 1. The molecule has 2 rings (SSSR count). The van der Waals surface area contributed by atoms with Crippen LogP contribution in [0.2, 0.25) is 0 Å². The Balaban J connectivity index is 2.07. The van der Waals surface area contributed by atoms with Gasteiger partial charge in [-0.3, -0.25) is 4.79 Å². The molecule has 1 heterocycles. The van der Waals surface area contributed by atoms with Gasteiger partial charge in [-0.25, -0.2) is 0 Å². The molecule has 4 heteroatoms. The number of hydrogen-bond acceptors (Lipinski definition) is 2. The highest BCUT2D eigenvalue weighted by atomic mass is 35.5. The standard InChI is InChI=1S/C14H24ClNO2/c1-10-9-18-11(7-15)8-16(10)13(17)12-5-4-6-14(12,2)3/h10-12H,4-9H2,1-3H3. The minimum atomic E-state index is -0.00340. The number of ether oxygens (including phenoxy) is 1. The van der Waals surface area contributed by atoms with Crippen LogP contribution in [0.5, 0.6) is 0 Å². The minimum Gasteiger partial charge on any atom is -0.373 e. The number of hydrogen-bond donors (Lipinski definition) is 0. The van der Waals surface area contributed by atoms with Crippen molar-refractivity contribution in [1.82, 2.24) is 4.90 Å². The number of morpholine rings is 1. The van der Waals surface area contributed by atoms with Crippen molar-refractivity contribution in [2.24, 2.45) is 11.3 Å². The molecule has 0 aromatic rings. The van der Waals surface area contributed by atoms with Crippen molar-refractivity contribution in [2.75, 3.05) is 19.0 Å². The molecule has 0 aromatic carbocycles. The Morgan fingerprint density at radius 2 is 2.22 bits per heavy atom. The maximum atomic E-state index is 12.7. The summed E-state index contributed by atoms with van der Waals surface area (Å²) >= 11 is 5.85. The zero-order chi connectivity index (χ0) is 13.3. The Labute approximate surface area is 115 Å². The molecule has 104 valence electrons. The van der Waals surface area contributed by atoms with E-state index in [-0.39, 0.29) is 23.5 Å². The molecule has 0 radical (unpaired) electrons. The van der Waals surface area contributed by atoms with Crippen molar-refractivity contribution >= 4 is 17.5 Å². The summed E-state index contributed by atoms with van der Waals surface area (Å²) in [6.07, 6.45) is 3.35. The van der Waals surface area contributed by atoms with Gasteiger partial charge in [0.2, 0.25) is 5.91 Å². The second-order valence-corrected chi connectivity index (χ2v) is 6.69. The van der Waals surface area contributed by atoms with E-state index in [4.69, 9.17) is 16.3 Å². The molecular weight excluding hydrogens is 250 g/mol. The summed E-state index contributed by atoms with van der Waals surface area (Å²) in [4.78, 5) is 14.7. The third-order valence-corrected chi connectivity index (χ3v) is 4.86. The smallest absolute Gasteiger partial charge is 0.226 e. The van der Waals surface area contributed by atoms with Gasteiger partial charge in [0.15, 0.2) is 0 Å². The first-order chi connectivity index (χ1) is 8.45. The molecule has 2 aliphatic rings. The van der Waals surface area contributed by atoms with Gasteiger partial charge >= 0.3 is 0 Å². The quantitative estimate of drug-likeness (QED) is 0.724. The predicted octanol–water partition coefficient (Wildman–Crippen LogP) is 2.67. The van der Waals surface area contributed by atoms with Gasteiger partial charge in [0.05, 0.1) is 24.6 Å². The van der Waals surface area contributed by atoms with Gasteiger partial charge in [-0.15, -0.1) is 11.6 Å². The lowest BCUT2D eigenvalue weighted by Crippen LogP contribution is -2.54. The summed E-state index contributed by atoms with van der Waals surface area (Å²) in [7, 11) is 0. The average molecular weight is 274 g/mol. The number of halogens is 1. The van der Waals surface area contributed by atoms with Gasteiger partial charge in [-0.1, -0.05) is 20.3 Å². The van der Waals surface area contributed by atoms with E-state index in [2.05, 4.69) is 20.8 Å². The Kier molecular flexibility index (Phi) is 4.22. The minimum absolute atomic E-state index is 0.00340. The average Bonchev–Trinajstić information content (AvgIpc) is 2.69. The molecule has 1 saturated carbocycles. The van der Waals surface area contributed by atoms with Crippen molar-refractivity contribution in [3.8, 4) is 0 Å². The first-order valence-corrected chi connectivity index (χ1v) is 7.47. The van der Waals surface area contributed by atoms with Gasteiger partial charge in [-0.05, 0) is 25.2 Å². The normalized spacial score (nSPS) is 35.8. The fraction of sp³-hybridized carbons (Fsp3) is 0.929. The number of rotatable bonds is 2. The zero-order valence-electron chi connectivity index (χ0n) is 11.6. The summed E-state index contributed by atoms with van der Waals surface area (Å²) < 4.78 is 5.61. The van der Waals surface area contributed by atoms with E-state index in [1.165, 1.54) is 6.42 Å². The Bertz CT molecular complexity index is 319. The van der Waals surface area contributed by atoms with E-state index in [1.54, 1.807) is 0 Å². The highest BCUT2D eigenvalue weighted by molar-refractivity contribution is 6.18. The van der Waals surface area contributed by atoms with Crippen LogP contribution in [0.1, 0.15) is 40.0 Å². The number of nitrogens with zero attached hydrogens (tertiary/aromatic N) is 1. The SMILES string of the molecule is CC1COC(CCl)CN1C(=O)C1CCCC1(C)C. The number of amides is 1. The topological polar surface area (TPSA) is 29.5 Å². The summed E-state index contributed by atoms with van der Waals surface area (Å²) in [5.74, 6) is 0.947. The first kappa shape index (κ1) is 14.1. The van der Waals surface area contributed by atoms with Crippen LogP contribution >= 0.6 is 11.6 Å². The maximum Gasteiger partial charge on any atom is 0.226 e. The van der Waals surface area contributed by atoms with Crippen LogP contribution in [0, 0.1) is 11.3 Å². The zero-order valence-corrected chi connectivity index (χ0v) is 12.4. The second-order valence-electron chi connectivity index (χ2n) is 6.38. The van der Waals surface area contributed by atoms with Crippen LogP contribution in [-0.2, 0) is 9.53 Å². The lowest BCUT2D eigenvalue weighted by molar-refractivity contribution is -0.150. The summed E-state index contributed by atoms with van der Waals surface area (Å²) in [5.41, 5.74) is 0.144. The van der Waals surface area contributed by atoms with Crippen molar-refractivity contribution in [1.29, 1.82) is 0 Å². The predicted molar refractivity (Wildman–Crippen MR) is 72.8 cm³/mol. The molecule has 0 spiro atoms. The number of carbonyl (C=O) groups excluding carboxylic acids is 1. The summed E-state index contributed by atoms with van der Waals surface area (Å²) in [6, 6.07) is 0.174. The van der Waals surface area contributed by atoms with Crippen LogP contribution in [0.4, 0.5) is 0 Å². The van der Waals surface area contributed by atoms with E-state index in [0.29, 0.717) is 24.9 Å². The summed E-state index contributed by atoms with van der Waals surface area (Å²) in [5, 5.41) is 0. The van der Waals surface area contributed by atoms with Gasteiger partial charge in [-0.2, -0.15) is 0 Å². The third kappa shape index (κ3) is 2.67. The van der Waals surface area contributed by atoms with E-state index in [9.17, 15) is 4.79 Å². The van der Waals surface area contributed by atoms with E-state index in [0.717, 1.165) is 12.8 Å². The highest BCUT2D eigenvalue weighted by Crippen LogP contribution is 2.43. The first-order valence-electron chi connectivity index (χ1n) is 6.94. The molecule has 1 saturated heterocycles. The van der Waals surface area contributed by atoms with Gasteiger partial charge in [0, 0.05) is 12.5 Å². The largest absolute Gasteiger partial charge is 0.373 e. The monoisotopic (exact) mass is 273 g/mol. The van der Waals surface area contributed by atoms with E-state index >= 15 is 0 Å². The van der Waals surface area contributed by atoms with Crippen LogP contribution < -0.4 is 0 Å². The van der Waals surface area contributed by atoms with Gasteiger partial charge in [0.25, 0.3) is 0 Å². The molecule has 3 atom stereocenters. The van der Waals surface area contributed by atoms with Crippen LogP contribution in [0.15, 0.2) is 0 Å². The molecule has 0 bridgehead atoms. The Hall–Kier alpha value is -0.280. The molecular formula is C14H24ClNO2. The van der Waals surface area contributed by atoms with Crippen molar-refractivity contribution < 1.29 is 9.53 Å². The Morgan fingerprint density at radius 3 is 2.78 bits per heavy atom. The molecule has 1 amide bonds. The van der Waals surface area contributed by atoms with Crippen LogP contribution in [0.25, 0.3) is 0 Å².